The number of nitrogens with zero attached hydrogens (tertiary/aromatic N) is 1. The quantitative estimate of drug-likeness (QED) is 0.771. The van der Waals surface area contributed by atoms with Crippen LogP contribution in [0.15, 0.2) is 24.3 Å². The van der Waals surface area contributed by atoms with Gasteiger partial charge in [-0.1, -0.05) is 18.6 Å². The van der Waals surface area contributed by atoms with Crippen molar-refractivity contribution < 1.29 is 13.2 Å². The zero-order chi connectivity index (χ0) is 13.2. The molecule has 1 heterocycles. The second kappa shape index (κ2) is 5.31. The molecule has 1 aliphatic heterocycles. The Morgan fingerprint density at radius 1 is 1.17 bits per heavy atom. The van der Waals surface area contributed by atoms with Gasteiger partial charge in [-0.25, -0.2) is 0 Å². The van der Waals surface area contributed by atoms with Gasteiger partial charge in [-0.2, -0.15) is 13.2 Å². The van der Waals surface area contributed by atoms with Crippen LogP contribution in [0.5, 0.6) is 0 Å². The van der Waals surface area contributed by atoms with Crippen molar-refractivity contribution in [3.05, 3.63) is 35.4 Å². The van der Waals surface area contributed by atoms with Crippen LogP contribution < -0.4 is 0 Å². The minimum atomic E-state index is -4.24. The summed E-state index contributed by atoms with van der Waals surface area (Å²) in [7, 11) is 0. The average Bonchev–Trinajstić information content (AvgIpc) is 2.32. The lowest BCUT2D eigenvalue weighted by Gasteiger charge is -2.33. The Bertz CT molecular complexity index is 383. The van der Waals surface area contributed by atoms with E-state index in [1.165, 1.54) is 31.4 Å². The third-order valence-electron chi connectivity index (χ3n) is 3.61. The molecule has 1 aliphatic rings. The number of hydrogen-bond acceptors (Lipinski definition) is 1. The molecule has 100 valence electrons. The minimum Gasteiger partial charge on any atom is -0.296 e. The lowest BCUT2D eigenvalue weighted by molar-refractivity contribution is -0.137. The van der Waals surface area contributed by atoms with Crippen molar-refractivity contribution in [2.24, 2.45) is 0 Å². The van der Waals surface area contributed by atoms with Gasteiger partial charge in [-0.3, -0.25) is 4.90 Å². The van der Waals surface area contributed by atoms with E-state index in [0.717, 1.165) is 18.7 Å². The van der Waals surface area contributed by atoms with E-state index in [1.54, 1.807) is 12.1 Å². The Kier molecular flexibility index (Phi) is 3.95. The molecule has 0 amide bonds. The summed E-state index contributed by atoms with van der Waals surface area (Å²) in [6.45, 7) is 3.98. The molecule has 0 N–H and O–H groups in total. The van der Waals surface area contributed by atoms with Gasteiger partial charge in [0.15, 0.2) is 0 Å². The molecule has 0 saturated carbocycles. The standard InChI is InChI=1S/C14H18F3N/c1-11-4-2-3-9-18(11)10-12-5-7-13(8-6-12)14(15,16)17/h5-8,11H,2-4,9-10H2,1H3/t11-/m1/s1. The van der Waals surface area contributed by atoms with E-state index >= 15 is 0 Å². The highest BCUT2D eigenvalue weighted by Gasteiger charge is 2.30. The smallest absolute Gasteiger partial charge is 0.296 e. The monoisotopic (exact) mass is 257 g/mol. The number of halogens is 3. The molecule has 0 spiro atoms. The summed E-state index contributed by atoms with van der Waals surface area (Å²) in [5.41, 5.74) is 0.384. The van der Waals surface area contributed by atoms with Crippen LogP contribution in [0.4, 0.5) is 13.2 Å². The summed E-state index contributed by atoms with van der Waals surface area (Å²) >= 11 is 0. The van der Waals surface area contributed by atoms with Crippen molar-refractivity contribution in [2.45, 2.75) is 44.9 Å². The average molecular weight is 257 g/mol. The highest BCUT2D eigenvalue weighted by Crippen LogP contribution is 2.29. The van der Waals surface area contributed by atoms with E-state index in [4.69, 9.17) is 0 Å². The molecule has 1 nitrogen and oxygen atoms in total. The first-order chi connectivity index (χ1) is 8.47. The van der Waals surface area contributed by atoms with Crippen molar-refractivity contribution in [1.29, 1.82) is 0 Å². The second-order valence-electron chi connectivity index (χ2n) is 5.01. The lowest BCUT2D eigenvalue weighted by Crippen LogP contribution is -2.36. The third kappa shape index (κ3) is 3.25. The zero-order valence-corrected chi connectivity index (χ0v) is 10.5. The van der Waals surface area contributed by atoms with Crippen molar-refractivity contribution in [3.8, 4) is 0 Å². The van der Waals surface area contributed by atoms with Gasteiger partial charge in [0.25, 0.3) is 0 Å². The van der Waals surface area contributed by atoms with Gasteiger partial charge in [0.1, 0.15) is 0 Å². The van der Waals surface area contributed by atoms with Crippen LogP contribution >= 0.6 is 0 Å². The SMILES string of the molecule is C[C@@H]1CCCCN1Cc1ccc(C(F)(F)F)cc1. The molecule has 2 rings (SSSR count). The van der Waals surface area contributed by atoms with E-state index < -0.39 is 11.7 Å². The molecule has 0 aliphatic carbocycles. The highest BCUT2D eigenvalue weighted by molar-refractivity contribution is 5.24. The first-order valence-corrected chi connectivity index (χ1v) is 6.37. The molecule has 0 radical (unpaired) electrons. The van der Waals surface area contributed by atoms with Crippen LogP contribution in [0, 0.1) is 0 Å². The first-order valence-electron chi connectivity index (χ1n) is 6.37. The molecule has 18 heavy (non-hydrogen) atoms. The van der Waals surface area contributed by atoms with Crippen molar-refractivity contribution >= 4 is 0 Å². The lowest BCUT2D eigenvalue weighted by atomic mass is 10.0. The number of likely N-dealkylation sites (tertiary alicyclic amines) is 1. The molecular formula is C14H18F3N. The number of alkyl halides is 3. The Hall–Kier alpha value is -1.03. The van der Waals surface area contributed by atoms with Crippen molar-refractivity contribution in [1.82, 2.24) is 4.90 Å². The van der Waals surface area contributed by atoms with Crippen LogP contribution in [-0.4, -0.2) is 17.5 Å². The Morgan fingerprint density at radius 2 is 1.83 bits per heavy atom. The minimum absolute atomic E-state index is 0.529. The van der Waals surface area contributed by atoms with Crippen LogP contribution in [0.2, 0.25) is 0 Å². The van der Waals surface area contributed by atoms with Crippen molar-refractivity contribution in [2.75, 3.05) is 6.54 Å². The second-order valence-corrected chi connectivity index (χ2v) is 5.01. The largest absolute Gasteiger partial charge is 0.416 e. The summed E-state index contributed by atoms with van der Waals surface area (Å²) in [5.74, 6) is 0. The molecule has 0 bridgehead atoms. The Labute approximate surface area is 106 Å². The van der Waals surface area contributed by atoms with Crippen LogP contribution in [0.3, 0.4) is 0 Å². The molecule has 0 unspecified atom stereocenters. The third-order valence-corrected chi connectivity index (χ3v) is 3.61. The fourth-order valence-electron chi connectivity index (χ4n) is 2.43. The molecule has 4 heteroatoms. The summed E-state index contributed by atoms with van der Waals surface area (Å²) in [6, 6.07) is 6.04. The van der Waals surface area contributed by atoms with E-state index in [2.05, 4.69) is 11.8 Å². The maximum Gasteiger partial charge on any atom is 0.416 e. The maximum absolute atomic E-state index is 12.4. The number of benzene rings is 1. The number of piperidine rings is 1. The maximum atomic E-state index is 12.4. The fraction of sp³-hybridized carbons (Fsp3) is 0.571. The van der Waals surface area contributed by atoms with Crippen LogP contribution in [0.25, 0.3) is 0 Å². The van der Waals surface area contributed by atoms with Gasteiger partial charge in [-0.15, -0.1) is 0 Å². The molecule has 1 atom stereocenters. The fourth-order valence-corrected chi connectivity index (χ4v) is 2.43. The zero-order valence-electron chi connectivity index (χ0n) is 10.5. The summed E-state index contributed by atoms with van der Waals surface area (Å²) in [5, 5.41) is 0. The van der Waals surface area contributed by atoms with Crippen molar-refractivity contribution in [3.63, 3.8) is 0 Å². The predicted molar refractivity (Wildman–Crippen MR) is 65.2 cm³/mol. The molecule has 1 saturated heterocycles. The normalized spacial score (nSPS) is 22.1. The summed E-state index contributed by atoms with van der Waals surface area (Å²) < 4.78 is 37.3. The van der Waals surface area contributed by atoms with E-state index in [1.807, 2.05) is 0 Å². The Morgan fingerprint density at radius 3 is 2.39 bits per heavy atom. The predicted octanol–water partition coefficient (Wildman–Crippen LogP) is 4.08. The van der Waals surface area contributed by atoms with E-state index in [-0.39, 0.29) is 0 Å². The van der Waals surface area contributed by atoms with Gasteiger partial charge >= 0.3 is 6.18 Å². The van der Waals surface area contributed by atoms with E-state index in [0.29, 0.717) is 6.04 Å². The van der Waals surface area contributed by atoms with Crippen LogP contribution in [0.1, 0.15) is 37.3 Å². The topological polar surface area (TPSA) is 3.24 Å². The molecular weight excluding hydrogens is 239 g/mol. The van der Waals surface area contributed by atoms with Crippen LogP contribution in [-0.2, 0) is 12.7 Å². The number of rotatable bonds is 2. The molecule has 1 aromatic carbocycles. The van der Waals surface area contributed by atoms with Gasteiger partial charge in [0.05, 0.1) is 5.56 Å². The van der Waals surface area contributed by atoms with Gasteiger partial charge in [0.2, 0.25) is 0 Å². The molecule has 1 aromatic rings. The van der Waals surface area contributed by atoms with Gasteiger partial charge in [0, 0.05) is 12.6 Å². The van der Waals surface area contributed by atoms with Gasteiger partial charge < -0.3 is 0 Å². The highest BCUT2D eigenvalue weighted by atomic mass is 19.4. The molecule has 0 aromatic heterocycles. The number of hydrogen-bond donors (Lipinski definition) is 0. The summed E-state index contributed by atoms with van der Waals surface area (Å²) in [4.78, 5) is 2.34. The molecule has 1 fully saturated rings. The summed E-state index contributed by atoms with van der Waals surface area (Å²) in [6.07, 6.45) is -0.618. The Balaban J connectivity index is 2.02. The van der Waals surface area contributed by atoms with E-state index in [9.17, 15) is 13.2 Å². The first kappa shape index (κ1) is 13.4. The van der Waals surface area contributed by atoms with Gasteiger partial charge in [-0.05, 0) is 44.0 Å².